The molecule has 0 fully saturated rings. The van der Waals surface area contributed by atoms with Gasteiger partial charge in [-0.15, -0.1) is 0 Å². The van der Waals surface area contributed by atoms with Crippen LogP contribution in [0.2, 0.25) is 5.02 Å². The summed E-state index contributed by atoms with van der Waals surface area (Å²) in [5.74, 6) is -0.0916. The van der Waals surface area contributed by atoms with Crippen LogP contribution < -0.4 is 4.90 Å². The predicted molar refractivity (Wildman–Crippen MR) is 80.3 cm³/mol. The largest absolute Gasteiger partial charge is 0.312 e. The number of benzene rings is 2. The Kier molecular flexibility index (Phi) is 4.37. The van der Waals surface area contributed by atoms with Gasteiger partial charge in [-0.3, -0.25) is 4.79 Å². The van der Waals surface area contributed by atoms with E-state index in [1.807, 2.05) is 48.5 Å². The number of anilines is 1. The Morgan fingerprint density at radius 3 is 2.37 bits per heavy atom. The third-order valence-electron chi connectivity index (χ3n) is 2.78. The van der Waals surface area contributed by atoms with Gasteiger partial charge in [0.2, 0.25) is 0 Å². The van der Waals surface area contributed by atoms with Gasteiger partial charge < -0.3 is 4.90 Å². The highest BCUT2D eigenvalue weighted by atomic mass is 35.5. The fourth-order valence-electron chi connectivity index (χ4n) is 1.66. The minimum atomic E-state index is -0.0916. The van der Waals surface area contributed by atoms with Crippen LogP contribution in [0.3, 0.4) is 0 Å². The van der Waals surface area contributed by atoms with Crippen molar-refractivity contribution in [3.05, 3.63) is 71.3 Å². The van der Waals surface area contributed by atoms with Gasteiger partial charge in [-0.25, -0.2) is 0 Å². The van der Waals surface area contributed by atoms with Crippen molar-refractivity contribution in [1.82, 2.24) is 0 Å². The van der Waals surface area contributed by atoms with Crippen LogP contribution in [0.4, 0.5) is 5.69 Å². The van der Waals surface area contributed by atoms with E-state index in [-0.39, 0.29) is 5.91 Å². The highest BCUT2D eigenvalue weighted by Gasteiger charge is 2.06. The Morgan fingerprint density at radius 2 is 1.68 bits per heavy atom. The number of hydrogen-bond donors (Lipinski definition) is 0. The lowest BCUT2D eigenvalue weighted by molar-refractivity contribution is -0.113. The summed E-state index contributed by atoms with van der Waals surface area (Å²) >= 11 is 6.03. The first-order valence-electron chi connectivity index (χ1n) is 5.94. The molecule has 2 aromatic rings. The zero-order valence-electron chi connectivity index (χ0n) is 10.6. The molecule has 0 aliphatic rings. The van der Waals surface area contributed by atoms with Crippen molar-refractivity contribution >= 4 is 29.3 Å². The summed E-state index contributed by atoms with van der Waals surface area (Å²) < 4.78 is 0. The molecule has 0 aromatic heterocycles. The quantitative estimate of drug-likeness (QED) is 0.772. The SMILES string of the molecule is CN(C(=O)/C=C/c1ccccc1Cl)c1ccccc1. The van der Waals surface area contributed by atoms with Gasteiger partial charge >= 0.3 is 0 Å². The Balaban J connectivity index is 2.12. The van der Waals surface area contributed by atoms with Gasteiger partial charge in [0.15, 0.2) is 0 Å². The maximum atomic E-state index is 12.0. The van der Waals surface area contributed by atoms with E-state index in [4.69, 9.17) is 11.6 Å². The normalized spacial score (nSPS) is 10.6. The smallest absolute Gasteiger partial charge is 0.250 e. The van der Waals surface area contributed by atoms with E-state index in [2.05, 4.69) is 0 Å². The second-order valence-corrected chi connectivity index (χ2v) is 4.49. The molecule has 0 heterocycles. The van der Waals surface area contributed by atoms with E-state index in [1.165, 1.54) is 6.08 Å². The number of carbonyl (C=O) groups is 1. The van der Waals surface area contributed by atoms with Crippen LogP contribution in [0.15, 0.2) is 60.7 Å². The molecule has 0 aliphatic heterocycles. The average Bonchev–Trinajstić information content (AvgIpc) is 2.46. The number of nitrogens with zero attached hydrogens (tertiary/aromatic N) is 1. The van der Waals surface area contributed by atoms with Gasteiger partial charge in [0.05, 0.1) is 0 Å². The summed E-state index contributed by atoms with van der Waals surface area (Å²) in [6.07, 6.45) is 3.25. The van der Waals surface area contributed by atoms with Crippen molar-refractivity contribution in [1.29, 1.82) is 0 Å². The van der Waals surface area contributed by atoms with Gasteiger partial charge in [-0.2, -0.15) is 0 Å². The molecule has 0 aliphatic carbocycles. The molecule has 1 amide bonds. The van der Waals surface area contributed by atoms with Crippen LogP contribution in [-0.2, 0) is 4.79 Å². The van der Waals surface area contributed by atoms with Crippen molar-refractivity contribution in [3.63, 3.8) is 0 Å². The Labute approximate surface area is 117 Å². The summed E-state index contributed by atoms with van der Waals surface area (Å²) in [7, 11) is 1.74. The topological polar surface area (TPSA) is 20.3 Å². The molecular formula is C16H14ClNO. The summed E-state index contributed by atoms with van der Waals surface area (Å²) in [4.78, 5) is 13.6. The van der Waals surface area contributed by atoms with Gasteiger partial charge in [0, 0.05) is 23.8 Å². The Bertz CT molecular complexity index is 593. The summed E-state index contributed by atoms with van der Waals surface area (Å²) in [5, 5.41) is 0.633. The molecule has 2 rings (SSSR count). The lowest BCUT2D eigenvalue weighted by atomic mass is 10.2. The van der Waals surface area contributed by atoms with Crippen LogP contribution >= 0.6 is 11.6 Å². The fraction of sp³-hybridized carbons (Fsp3) is 0.0625. The molecule has 2 nitrogen and oxygen atoms in total. The lowest BCUT2D eigenvalue weighted by Crippen LogP contribution is -2.23. The van der Waals surface area contributed by atoms with Crippen LogP contribution in [-0.4, -0.2) is 13.0 Å². The molecule has 0 saturated carbocycles. The number of likely N-dealkylation sites (N-methyl/N-ethyl adjacent to an activating group) is 1. The molecule has 0 atom stereocenters. The predicted octanol–water partition coefficient (Wildman–Crippen LogP) is 4.02. The summed E-state index contributed by atoms with van der Waals surface area (Å²) in [6.45, 7) is 0. The number of carbonyl (C=O) groups excluding carboxylic acids is 1. The van der Waals surface area contributed by atoms with Crippen molar-refractivity contribution in [2.24, 2.45) is 0 Å². The maximum absolute atomic E-state index is 12.0. The Morgan fingerprint density at radius 1 is 1.05 bits per heavy atom. The molecule has 0 spiro atoms. The van der Waals surface area contributed by atoms with E-state index in [1.54, 1.807) is 24.1 Å². The van der Waals surface area contributed by atoms with Crippen LogP contribution in [0, 0.1) is 0 Å². The number of hydrogen-bond acceptors (Lipinski definition) is 1. The zero-order chi connectivity index (χ0) is 13.7. The molecule has 0 unspecified atom stereocenters. The van der Waals surface area contributed by atoms with Crippen molar-refractivity contribution < 1.29 is 4.79 Å². The van der Waals surface area contributed by atoms with Gasteiger partial charge in [0.1, 0.15) is 0 Å². The van der Waals surface area contributed by atoms with Crippen molar-refractivity contribution in [3.8, 4) is 0 Å². The number of rotatable bonds is 3. The van der Waals surface area contributed by atoms with Gasteiger partial charge in [-0.05, 0) is 29.8 Å². The number of halogens is 1. The van der Waals surface area contributed by atoms with E-state index in [0.29, 0.717) is 5.02 Å². The Hall–Kier alpha value is -2.06. The zero-order valence-corrected chi connectivity index (χ0v) is 11.3. The molecule has 3 heteroatoms. The van der Waals surface area contributed by atoms with E-state index >= 15 is 0 Å². The molecule has 2 aromatic carbocycles. The third-order valence-corrected chi connectivity index (χ3v) is 3.13. The monoisotopic (exact) mass is 271 g/mol. The molecular weight excluding hydrogens is 258 g/mol. The molecule has 19 heavy (non-hydrogen) atoms. The minimum Gasteiger partial charge on any atom is -0.312 e. The first-order chi connectivity index (χ1) is 9.18. The van der Waals surface area contributed by atoms with Crippen LogP contribution in [0.5, 0.6) is 0 Å². The molecule has 0 saturated heterocycles. The fourth-order valence-corrected chi connectivity index (χ4v) is 1.86. The van der Waals surface area contributed by atoms with E-state index in [0.717, 1.165) is 11.3 Å². The average molecular weight is 272 g/mol. The highest BCUT2D eigenvalue weighted by molar-refractivity contribution is 6.32. The second-order valence-electron chi connectivity index (χ2n) is 4.09. The second kappa shape index (κ2) is 6.21. The maximum Gasteiger partial charge on any atom is 0.250 e. The number of amides is 1. The van der Waals surface area contributed by atoms with E-state index < -0.39 is 0 Å². The third kappa shape index (κ3) is 3.46. The van der Waals surface area contributed by atoms with Crippen LogP contribution in [0.1, 0.15) is 5.56 Å². The first kappa shape index (κ1) is 13.4. The highest BCUT2D eigenvalue weighted by Crippen LogP contribution is 2.17. The first-order valence-corrected chi connectivity index (χ1v) is 6.31. The van der Waals surface area contributed by atoms with Crippen molar-refractivity contribution in [2.75, 3.05) is 11.9 Å². The van der Waals surface area contributed by atoms with Crippen molar-refractivity contribution in [2.45, 2.75) is 0 Å². The summed E-state index contributed by atoms with van der Waals surface area (Å²) in [5.41, 5.74) is 1.69. The molecule has 0 N–H and O–H groups in total. The lowest BCUT2D eigenvalue weighted by Gasteiger charge is -2.14. The van der Waals surface area contributed by atoms with Gasteiger partial charge in [-0.1, -0.05) is 48.0 Å². The molecule has 0 radical (unpaired) electrons. The number of para-hydroxylation sites is 1. The van der Waals surface area contributed by atoms with Gasteiger partial charge in [0.25, 0.3) is 5.91 Å². The standard InChI is InChI=1S/C16H14ClNO/c1-18(14-8-3-2-4-9-14)16(19)12-11-13-7-5-6-10-15(13)17/h2-12H,1H3/b12-11+. The van der Waals surface area contributed by atoms with E-state index in [9.17, 15) is 4.79 Å². The van der Waals surface area contributed by atoms with Crippen LogP contribution in [0.25, 0.3) is 6.08 Å². The molecule has 96 valence electrons. The summed E-state index contributed by atoms with van der Waals surface area (Å²) in [6, 6.07) is 16.9. The minimum absolute atomic E-state index is 0.0916. The molecule has 0 bridgehead atoms.